The summed E-state index contributed by atoms with van der Waals surface area (Å²) in [7, 11) is 3.88. The zero-order valence-corrected chi connectivity index (χ0v) is 12.1. The topological polar surface area (TPSA) is 125 Å². The van der Waals surface area contributed by atoms with Crippen LogP contribution in [0.1, 0.15) is 18.1 Å². The van der Waals surface area contributed by atoms with Crippen molar-refractivity contribution in [1.82, 2.24) is 9.88 Å². The lowest BCUT2D eigenvalue weighted by atomic mass is 10.1. The van der Waals surface area contributed by atoms with Crippen molar-refractivity contribution in [2.24, 2.45) is 4.99 Å². The Morgan fingerprint density at radius 1 is 1.52 bits per heavy atom. The summed E-state index contributed by atoms with van der Waals surface area (Å²) in [5.41, 5.74) is 4.77. The lowest BCUT2D eigenvalue weighted by molar-refractivity contribution is -0.753. The van der Waals surface area contributed by atoms with Crippen LogP contribution in [0.25, 0.3) is 0 Å². The Balaban J connectivity index is 1.92. The van der Waals surface area contributed by atoms with Crippen LogP contribution in [-0.4, -0.2) is 65.4 Å². The summed E-state index contributed by atoms with van der Waals surface area (Å²) in [6, 6.07) is -0.375. The number of rotatable bonds is 3. The Morgan fingerprint density at radius 3 is 2.90 bits per heavy atom. The number of hydrogen-bond acceptors (Lipinski definition) is 6. The number of aliphatic imine (C=N–C) groups is 1. The number of quaternary nitrogens is 1. The minimum atomic E-state index is -0.787. The molecule has 9 nitrogen and oxygen atoms in total. The van der Waals surface area contributed by atoms with Gasteiger partial charge in [-0.25, -0.2) is 9.56 Å². The van der Waals surface area contributed by atoms with Gasteiger partial charge in [-0.15, -0.1) is 0 Å². The number of ether oxygens (including phenoxy) is 1. The first-order chi connectivity index (χ1) is 10.0. The second-order valence-electron chi connectivity index (χ2n) is 5.60. The van der Waals surface area contributed by atoms with Crippen LogP contribution >= 0.6 is 0 Å². The Hall–Kier alpha value is -1.52. The maximum atomic E-state index is 10.3. The number of aliphatic hydroxyl groups is 2. The number of H-pyrrole nitrogens is 1. The zero-order valence-electron chi connectivity index (χ0n) is 12.1. The van der Waals surface area contributed by atoms with E-state index in [-0.39, 0.29) is 18.8 Å². The van der Waals surface area contributed by atoms with Crippen molar-refractivity contribution in [3.63, 3.8) is 0 Å². The van der Waals surface area contributed by atoms with Gasteiger partial charge in [-0.2, -0.15) is 0 Å². The van der Waals surface area contributed by atoms with E-state index in [1.54, 1.807) is 17.2 Å². The van der Waals surface area contributed by atoms with Gasteiger partial charge in [-0.05, 0) is 14.1 Å². The number of nitrogens with zero attached hydrogens (tertiary/aromatic N) is 3. The molecule has 0 amide bonds. The molecule has 0 bridgehead atoms. The van der Waals surface area contributed by atoms with Crippen molar-refractivity contribution in [1.29, 1.82) is 0 Å². The van der Waals surface area contributed by atoms with E-state index < -0.39 is 18.4 Å². The standard InChI is InChI=1S/C12H20N6O3/c1-17(2)10-8-11(15-4-14-10)18(5-16-8)12-9(20)7(13)6(3-19)21-12/h4-7,9-10,12,19-20H,3,13H2,1-2H3,(H,14,15)/p+2/t6-,7-,9-,10?,12-/m1/s1. The molecule has 1 aromatic heterocycles. The second kappa shape index (κ2) is 5.35. The lowest BCUT2D eigenvalue weighted by Crippen LogP contribution is -2.70. The number of aliphatic hydroxyl groups excluding tert-OH is 2. The molecule has 0 aliphatic carbocycles. The number of fused-ring (bicyclic) bond motifs is 1. The van der Waals surface area contributed by atoms with Gasteiger partial charge in [0, 0.05) is 0 Å². The highest BCUT2D eigenvalue weighted by atomic mass is 16.5. The van der Waals surface area contributed by atoms with Gasteiger partial charge in [0.1, 0.15) is 18.5 Å². The quantitative estimate of drug-likeness (QED) is 0.385. The molecule has 1 fully saturated rings. The molecule has 7 N–H and O–H groups in total. The fourth-order valence-electron chi connectivity index (χ4n) is 2.80. The first-order valence-electron chi connectivity index (χ1n) is 6.89. The van der Waals surface area contributed by atoms with Crippen LogP contribution in [-0.2, 0) is 4.74 Å². The molecular weight excluding hydrogens is 276 g/mol. The molecule has 116 valence electrons. The first kappa shape index (κ1) is 14.4. The van der Waals surface area contributed by atoms with Crippen LogP contribution in [0, 0.1) is 0 Å². The SMILES string of the molecule is CN(C)C1N=CNc2c1[nH]c[n+]2[C@@H]1O[C@H](CO)[C@@H]([NH3+])[C@H]1O. The largest absolute Gasteiger partial charge is 0.393 e. The smallest absolute Gasteiger partial charge is 0.268 e. The number of aromatic amines is 1. The lowest BCUT2D eigenvalue weighted by Gasteiger charge is -2.21. The van der Waals surface area contributed by atoms with Crippen molar-refractivity contribution in [3.05, 3.63) is 12.0 Å². The molecule has 1 saturated heterocycles. The predicted octanol–water partition coefficient (Wildman–Crippen LogP) is -2.82. The van der Waals surface area contributed by atoms with E-state index in [0.29, 0.717) is 0 Å². The number of hydrogen-bond donors (Lipinski definition) is 5. The highest BCUT2D eigenvalue weighted by molar-refractivity contribution is 5.76. The van der Waals surface area contributed by atoms with E-state index >= 15 is 0 Å². The number of aromatic nitrogens is 2. The van der Waals surface area contributed by atoms with E-state index in [9.17, 15) is 10.2 Å². The molecule has 3 rings (SSSR count). The van der Waals surface area contributed by atoms with Gasteiger partial charge in [-0.3, -0.25) is 15.2 Å². The van der Waals surface area contributed by atoms with Crippen LogP contribution in [0.2, 0.25) is 0 Å². The molecule has 3 heterocycles. The summed E-state index contributed by atoms with van der Waals surface area (Å²) in [4.78, 5) is 9.51. The van der Waals surface area contributed by atoms with E-state index in [1.807, 2.05) is 19.0 Å². The van der Waals surface area contributed by atoms with E-state index in [1.165, 1.54) is 0 Å². The Morgan fingerprint density at radius 2 is 2.29 bits per heavy atom. The zero-order chi connectivity index (χ0) is 15.1. The van der Waals surface area contributed by atoms with Crippen LogP contribution < -0.4 is 15.6 Å². The maximum absolute atomic E-state index is 10.3. The minimum absolute atomic E-state index is 0.120. The van der Waals surface area contributed by atoms with Crippen LogP contribution in [0.3, 0.4) is 0 Å². The van der Waals surface area contributed by atoms with Gasteiger partial charge in [0.25, 0.3) is 5.82 Å². The summed E-state index contributed by atoms with van der Waals surface area (Å²) in [5, 5.41) is 22.7. The molecule has 1 aromatic rings. The van der Waals surface area contributed by atoms with Gasteiger partial charge in [0.15, 0.2) is 24.3 Å². The third-order valence-electron chi connectivity index (χ3n) is 4.01. The molecule has 0 spiro atoms. The van der Waals surface area contributed by atoms with Crippen molar-refractivity contribution in [2.75, 3.05) is 26.0 Å². The molecule has 2 aliphatic rings. The summed E-state index contributed by atoms with van der Waals surface area (Å²) in [6.45, 7) is -0.163. The number of anilines is 1. The third-order valence-corrected chi connectivity index (χ3v) is 4.01. The molecule has 2 aliphatic heterocycles. The molecule has 1 unspecified atom stereocenters. The molecule has 21 heavy (non-hydrogen) atoms. The van der Waals surface area contributed by atoms with Crippen molar-refractivity contribution < 1.29 is 25.3 Å². The number of imidazole rings is 1. The molecular formula is C12H22N6O3+2. The average Bonchev–Trinajstić information content (AvgIpc) is 3.01. The highest BCUT2D eigenvalue weighted by Gasteiger charge is 2.48. The van der Waals surface area contributed by atoms with Crippen molar-refractivity contribution in [3.8, 4) is 0 Å². The van der Waals surface area contributed by atoms with Crippen molar-refractivity contribution >= 4 is 12.2 Å². The fraction of sp³-hybridized carbons (Fsp3) is 0.667. The van der Waals surface area contributed by atoms with Crippen molar-refractivity contribution in [2.45, 2.75) is 30.6 Å². The van der Waals surface area contributed by atoms with Gasteiger partial charge >= 0.3 is 0 Å². The second-order valence-corrected chi connectivity index (χ2v) is 5.60. The van der Waals surface area contributed by atoms with Gasteiger partial charge < -0.3 is 20.7 Å². The molecule has 0 saturated carbocycles. The summed E-state index contributed by atoms with van der Waals surface area (Å²) in [5.74, 6) is 0.790. The van der Waals surface area contributed by atoms with Gasteiger partial charge in [0.05, 0.1) is 6.61 Å². The Labute approximate surface area is 122 Å². The maximum Gasteiger partial charge on any atom is 0.268 e. The molecule has 5 atom stereocenters. The van der Waals surface area contributed by atoms with E-state index in [2.05, 4.69) is 21.0 Å². The molecule has 0 aromatic carbocycles. The van der Waals surface area contributed by atoms with Crippen LogP contribution in [0.5, 0.6) is 0 Å². The fourth-order valence-corrected chi connectivity index (χ4v) is 2.80. The summed E-state index contributed by atoms with van der Waals surface area (Å²) < 4.78 is 7.51. The highest BCUT2D eigenvalue weighted by Crippen LogP contribution is 2.29. The van der Waals surface area contributed by atoms with Gasteiger partial charge in [0.2, 0.25) is 6.23 Å². The predicted molar refractivity (Wildman–Crippen MR) is 73.2 cm³/mol. The minimum Gasteiger partial charge on any atom is -0.393 e. The monoisotopic (exact) mass is 298 g/mol. The summed E-state index contributed by atoms with van der Waals surface area (Å²) in [6.07, 6.45) is 1.40. The van der Waals surface area contributed by atoms with Crippen LogP contribution in [0.4, 0.5) is 5.82 Å². The normalized spacial score (nSPS) is 35.0. The third kappa shape index (κ3) is 2.23. The van der Waals surface area contributed by atoms with E-state index in [0.717, 1.165) is 11.5 Å². The Kier molecular flexibility index (Phi) is 3.68. The Bertz CT molecular complexity index is 545. The summed E-state index contributed by atoms with van der Waals surface area (Å²) >= 11 is 0. The molecule has 0 radical (unpaired) electrons. The van der Waals surface area contributed by atoms with Crippen LogP contribution in [0.15, 0.2) is 11.3 Å². The average molecular weight is 298 g/mol. The van der Waals surface area contributed by atoms with E-state index in [4.69, 9.17) is 4.74 Å². The van der Waals surface area contributed by atoms with Gasteiger partial charge in [-0.1, -0.05) is 0 Å². The molecule has 9 heteroatoms. The number of nitrogens with one attached hydrogen (secondary N) is 2. The first-order valence-corrected chi connectivity index (χ1v) is 6.89.